The third kappa shape index (κ3) is 2.93. The number of hydrogen-bond acceptors (Lipinski definition) is 5. The number of rotatable bonds is 3. The lowest BCUT2D eigenvalue weighted by atomic mass is 10.2. The number of amides is 1. The van der Waals surface area contributed by atoms with Gasteiger partial charge in [0.25, 0.3) is 5.91 Å². The van der Waals surface area contributed by atoms with E-state index < -0.39 is 0 Å². The maximum atomic E-state index is 12.8. The number of benzene rings is 1. The number of carbonyl (C=O) groups is 1. The normalized spacial score (nSPS) is 16.4. The van der Waals surface area contributed by atoms with Crippen LogP contribution in [-0.4, -0.2) is 37.5 Å². The van der Waals surface area contributed by atoms with Gasteiger partial charge in [0.1, 0.15) is 17.6 Å². The minimum absolute atomic E-state index is 0.148. The van der Waals surface area contributed by atoms with Crippen LogP contribution >= 0.6 is 0 Å². The average Bonchev–Trinajstić information content (AvgIpc) is 3.37. The molecule has 1 fully saturated rings. The first-order valence-electron chi connectivity index (χ1n) is 8.41. The first-order valence-corrected chi connectivity index (χ1v) is 8.41. The zero-order valence-electron chi connectivity index (χ0n) is 14.0. The van der Waals surface area contributed by atoms with E-state index >= 15 is 0 Å². The highest BCUT2D eigenvalue weighted by molar-refractivity contribution is 5.92. The molecular formula is C19H16N6O. The third-order valence-corrected chi connectivity index (χ3v) is 4.48. The van der Waals surface area contributed by atoms with Gasteiger partial charge in [-0.15, -0.1) is 0 Å². The Balaban J connectivity index is 1.58. The van der Waals surface area contributed by atoms with E-state index in [0.29, 0.717) is 29.5 Å². The largest absolute Gasteiger partial charge is 0.327 e. The number of H-pyrrole nitrogens is 1. The fourth-order valence-corrected chi connectivity index (χ4v) is 3.17. The molecule has 0 aliphatic carbocycles. The summed E-state index contributed by atoms with van der Waals surface area (Å²) in [6.45, 7) is 0.645. The highest BCUT2D eigenvalue weighted by atomic mass is 16.2. The minimum Gasteiger partial charge on any atom is -0.327 e. The third-order valence-electron chi connectivity index (χ3n) is 4.48. The first kappa shape index (κ1) is 16.0. The highest BCUT2D eigenvalue weighted by Gasteiger charge is 2.33. The molecule has 1 saturated heterocycles. The summed E-state index contributed by atoms with van der Waals surface area (Å²) in [5, 5.41) is 16.1. The number of carbonyl (C=O) groups excluding carboxylic acids is 1. The topological polar surface area (TPSA) is 98.6 Å². The molecule has 0 radical (unpaired) electrons. The first-order chi connectivity index (χ1) is 12.8. The minimum atomic E-state index is -0.158. The van der Waals surface area contributed by atoms with Crippen LogP contribution in [0.1, 0.15) is 40.8 Å². The molecule has 2 aromatic heterocycles. The maximum absolute atomic E-state index is 12.8. The van der Waals surface area contributed by atoms with E-state index in [9.17, 15) is 4.79 Å². The summed E-state index contributed by atoms with van der Waals surface area (Å²) >= 11 is 0. The standard InChI is InChI=1S/C19H16N6O/c20-11-13-8-9-15(21-12-13)19(26)25-10-4-7-16(25)18-22-17(23-24-18)14-5-2-1-3-6-14/h1-3,5-6,8-9,12,16H,4,7,10H2,(H,22,23,24). The van der Waals surface area contributed by atoms with Crippen molar-refractivity contribution in [3.63, 3.8) is 0 Å². The number of pyridine rings is 1. The quantitative estimate of drug-likeness (QED) is 0.787. The van der Waals surface area contributed by atoms with Gasteiger partial charge in [-0.05, 0) is 25.0 Å². The molecule has 1 aliphatic heterocycles. The van der Waals surface area contributed by atoms with Crippen LogP contribution < -0.4 is 0 Å². The summed E-state index contributed by atoms with van der Waals surface area (Å²) in [5.41, 5.74) is 1.69. The van der Waals surface area contributed by atoms with Gasteiger partial charge in [0, 0.05) is 18.3 Å². The van der Waals surface area contributed by atoms with Crippen molar-refractivity contribution in [2.45, 2.75) is 18.9 Å². The molecule has 1 amide bonds. The molecule has 1 atom stereocenters. The Morgan fingerprint density at radius 3 is 2.81 bits per heavy atom. The second-order valence-electron chi connectivity index (χ2n) is 6.11. The molecule has 0 saturated carbocycles. The van der Waals surface area contributed by atoms with Crippen molar-refractivity contribution in [3.8, 4) is 17.5 Å². The van der Waals surface area contributed by atoms with Gasteiger partial charge in [0.15, 0.2) is 5.82 Å². The average molecular weight is 344 g/mol. The summed E-state index contributed by atoms with van der Waals surface area (Å²) in [5.74, 6) is 1.15. The van der Waals surface area contributed by atoms with Gasteiger partial charge in [0.2, 0.25) is 0 Å². The predicted octanol–water partition coefficient (Wildman–Crippen LogP) is 2.72. The lowest BCUT2D eigenvalue weighted by Gasteiger charge is -2.22. The second kappa shape index (κ2) is 6.76. The number of aromatic amines is 1. The number of hydrogen-bond donors (Lipinski definition) is 1. The molecule has 26 heavy (non-hydrogen) atoms. The molecule has 0 bridgehead atoms. The van der Waals surface area contributed by atoms with Crippen molar-refractivity contribution < 1.29 is 4.79 Å². The van der Waals surface area contributed by atoms with Gasteiger partial charge < -0.3 is 4.90 Å². The number of nitrogens with zero attached hydrogens (tertiary/aromatic N) is 5. The molecule has 1 aliphatic rings. The van der Waals surface area contributed by atoms with E-state index in [1.165, 1.54) is 6.20 Å². The van der Waals surface area contributed by atoms with Crippen molar-refractivity contribution >= 4 is 5.91 Å². The van der Waals surface area contributed by atoms with Crippen LogP contribution in [0.5, 0.6) is 0 Å². The lowest BCUT2D eigenvalue weighted by molar-refractivity contribution is 0.0724. The van der Waals surface area contributed by atoms with E-state index in [0.717, 1.165) is 18.4 Å². The van der Waals surface area contributed by atoms with Crippen LogP contribution in [-0.2, 0) is 0 Å². The molecule has 0 spiro atoms. The summed E-state index contributed by atoms with van der Waals surface area (Å²) < 4.78 is 0. The lowest BCUT2D eigenvalue weighted by Crippen LogP contribution is -2.31. The Labute approximate surface area is 150 Å². The molecule has 7 heteroatoms. The van der Waals surface area contributed by atoms with Crippen molar-refractivity contribution in [1.82, 2.24) is 25.1 Å². The number of nitriles is 1. The van der Waals surface area contributed by atoms with Crippen molar-refractivity contribution in [3.05, 3.63) is 65.7 Å². The van der Waals surface area contributed by atoms with E-state index in [-0.39, 0.29) is 11.9 Å². The predicted molar refractivity (Wildman–Crippen MR) is 93.8 cm³/mol. The number of likely N-dealkylation sites (tertiary alicyclic amines) is 1. The Hall–Kier alpha value is -3.53. The molecule has 3 aromatic rings. The zero-order chi connectivity index (χ0) is 17.9. The van der Waals surface area contributed by atoms with Gasteiger partial charge in [-0.25, -0.2) is 9.97 Å². The van der Waals surface area contributed by atoms with Crippen LogP contribution in [0.15, 0.2) is 48.7 Å². The van der Waals surface area contributed by atoms with E-state index in [1.807, 2.05) is 36.4 Å². The van der Waals surface area contributed by atoms with Gasteiger partial charge in [-0.1, -0.05) is 30.3 Å². The van der Waals surface area contributed by atoms with E-state index in [1.54, 1.807) is 17.0 Å². The maximum Gasteiger partial charge on any atom is 0.273 e. The van der Waals surface area contributed by atoms with E-state index in [2.05, 4.69) is 20.2 Å². The molecule has 128 valence electrons. The molecular weight excluding hydrogens is 328 g/mol. The molecule has 3 heterocycles. The van der Waals surface area contributed by atoms with Crippen LogP contribution in [0.3, 0.4) is 0 Å². The fraction of sp³-hybridized carbons (Fsp3) is 0.211. The van der Waals surface area contributed by atoms with Crippen LogP contribution in [0, 0.1) is 11.3 Å². The van der Waals surface area contributed by atoms with Gasteiger partial charge in [0.05, 0.1) is 11.6 Å². The Kier molecular flexibility index (Phi) is 4.15. The molecule has 1 unspecified atom stereocenters. The van der Waals surface area contributed by atoms with Crippen molar-refractivity contribution in [1.29, 1.82) is 5.26 Å². The molecule has 7 nitrogen and oxygen atoms in total. The summed E-state index contributed by atoms with van der Waals surface area (Å²) in [7, 11) is 0. The number of nitrogens with one attached hydrogen (secondary N) is 1. The highest BCUT2D eigenvalue weighted by Crippen LogP contribution is 2.31. The van der Waals surface area contributed by atoms with Crippen LogP contribution in [0.25, 0.3) is 11.4 Å². The van der Waals surface area contributed by atoms with Crippen LogP contribution in [0.4, 0.5) is 0 Å². The Bertz CT molecular complexity index is 958. The fourth-order valence-electron chi connectivity index (χ4n) is 3.17. The molecule has 1 aromatic carbocycles. The molecule has 4 rings (SSSR count). The Morgan fingerprint density at radius 2 is 2.08 bits per heavy atom. The number of aromatic nitrogens is 4. The van der Waals surface area contributed by atoms with Crippen molar-refractivity contribution in [2.75, 3.05) is 6.54 Å². The summed E-state index contributed by atoms with van der Waals surface area (Å²) in [4.78, 5) is 23.3. The van der Waals surface area contributed by atoms with Gasteiger partial charge in [-0.2, -0.15) is 10.4 Å². The monoisotopic (exact) mass is 344 g/mol. The molecule has 1 N–H and O–H groups in total. The second-order valence-corrected chi connectivity index (χ2v) is 6.11. The van der Waals surface area contributed by atoms with Crippen molar-refractivity contribution in [2.24, 2.45) is 0 Å². The van der Waals surface area contributed by atoms with Gasteiger partial charge >= 0.3 is 0 Å². The van der Waals surface area contributed by atoms with E-state index in [4.69, 9.17) is 5.26 Å². The Morgan fingerprint density at radius 1 is 1.23 bits per heavy atom. The van der Waals surface area contributed by atoms with Crippen LogP contribution in [0.2, 0.25) is 0 Å². The summed E-state index contributed by atoms with van der Waals surface area (Å²) in [6.07, 6.45) is 3.14. The van der Waals surface area contributed by atoms with Gasteiger partial charge in [-0.3, -0.25) is 9.89 Å². The SMILES string of the molecule is N#Cc1ccc(C(=O)N2CCCC2c2nc(-c3ccccc3)n[nH]2)nc1. The zero-order valence-corrected chi connectivity index (χ0v) is 14.0. The summed E-state index contributed by atoms with van der Waals surface area (Å²) in [6, 6.07) is 14.8. The smallest absolute Gasteiger partial charge is 0.273 e.